The zero-order valence-corrected chi connectivity index (χ0v) is 16.4. The molecule has 0 fully saturated rings. The van der Waals surface area contributed by atoms with Gasteiger partial charge in [-0.3, -0.25) is 9.59 Å². The number of rotatable bonds is 9. The van der Waals surface area contributed by atoms with Crippen LogP contribution in [0.2, 0.25) is 0 Å². The van der Waals surface area contributed by atoms with Crippen LogP contribution in [0, 0.1) is 5.92 Å². The number of amides is 1. The van der Waals surface area contributed by atoms with Crippen molar-refractivity contribution in [1.82, 2.24) is 4.90 Å². The van der Waals surface area contributed by atoms with Gasteiger partial charge < -0.3 is 9.64 Å². The Morgan fingerprint density at radius 1 is 0.926 bits per heavy atom. The molecule has 4 nitrogen and oxygen atoms in total. The van der Waals surface area contributed by atoms with E-state index in [0.29, 0.717) is 25.4 Å². The predicted molar refractivity (Wildman–Crippen MR) is 107 cm³/mol. The summed E-state index contributed by atoms with van der Waals surface area (Å²) in [5.41, 5.74) is 2.24. The van der Waals surface area contributed by atoms with Crippen LogP contribution in [-0.4, -0.2) is 37.0 Å². The second kappa shape index (κ2) is 10.5. The van der Waals surface area contributed by atoms with Gasteiger partial charge in [-0.1, -0.05) is 74.5 Å². The maximum atomic E-state index is 13.1. The lowest BCUT2D eigenvalue weighted by atomic mass is 9.88. The Hall–Kier alpha value is -2.62. The summed E-state index contributed by atoms with van der Waals surface area (Å²) in [7, 11) is 1.37. The van der Waals surface area contributed by atoms with E-state index in [1.54, 1.807) is 4.90 Å². The molecule has 144 valence electrons. The minimum Gasteiger partial charge on any atom is -0.469 e. The van der Waals surface area contributed by atoms with E-state index in [-0.39, 0.29) is 24.2 Å². The Balaban J connectivity index is 2.20. The molecule has 1 amide bonds. The van der Waals surface area contributed by atoms with E-state index in [1.807, 2.05) is 36.4 Å². The zero-order valence-electron chi connectivity index (χ0n) is 16.4. The van der Waals surface area contributed by atoms with E-state index in [4.69, 9.17) is 4.74 Å². The summed E-state index contributed by atoms with van der Waals surface area (Å²) in [6.07, 6.45) is 0.595. The summed E-state index contributed by atoms with van der Waals surface area (Å²) in [6.45, 7) is 5.17. The van der Waals surface area contributed by atoms with E-state index in [1.165, 1.54) is 7.11 Å². The SMILES string of the molecule is COC(=O)CCN(CC(C)C)C(=O)CC(c1ccccc1)c1ccccc1. The lowest BCUT2D eigenvalue weighted by Gasteiger charge is -2.27. The number of nitrogens with zero attached hydrogens (tertiary/aromatic N) is 1. The van der Waals surface area contributed by atoms with Gasteiger partial charge in [-0.05, 0) is 17.0 Å². The van der Waals surface area contributed by atoms with E-state index >= 15 is 0 Å². The van der Waals surface area contributed by atoms with Gasteiger partial charge in [0.25, 0.3) is 0 Å². The number of carbonyl (C=O) groups excluding carboxylic acids is 2. The van der Waals surface area contributed by atoms with Crippen LogP contribution in [0.15, 0.2) is 60.7 Å². The third-order valence-electron chi connectivity index (χ3n) is 4.53. The molecule has 0 saturated carbocycles. The molecule has 2 aromatic carbocycles. The molecule has 0 spiro atoms. The fraction of sp³-hybridized carbons (Fsp3) is 0.391. The van der Waals surface area contributed by atoms with Gasteiger partial charge in [-0.25, -0.2) is 0 Å². The van der Waals surface area contributed by atoms with E-state index in [2.05, 4.69) is 38.1 Å². The van der Waals surface area contributed by atoms with Gasteiger partial charge in [0, 0.05) is 25.4 Å². The quantitative estimate of drug-likeness (QED) is 0.622. The number of benzene rings is 2. The van der Waals surface area contributed by atoms with Crippen LogP contribution in [-0.2, 0) is 14.3 Å². The summed E-state index contributed by atoms with van der Waals surface area (Å²) in [5.74, 6) is 0.0933. The number of hydrogen-bond acceptors (Lipinski definition) is 3. The highest BCUT2D eigenvalue weighted by molar-refractivity contribution is 5.78. The number of methoxy groups -OCH3 is 1. The summed E-state index contributed by atoms with van der Waals surface area (Å²) >= 11 is 0. The molecule has 0 radical (unpaired) electrons. The van der Waals surface area contributed by atoms with Crippen LogP contribution in [0.3, 0.4) is 0 Å². The third-order valence-corrected chi connectivity index (χ3v) is 4.53. The Bertz CT molecular complexity index is 673. The van der Waals surface area contributed by atoms with Crippen molar-refractivity contribution in [2.75, 3.05) is 20.2 Å². The smallest absolute Gasteiger partial charge is 0.307 e. The molecule has 0 saturated heterocycles. The lowest BCUT2D eigenvalue weighted by molar-refractivity contribution is -0.142. The molecule has 0 N–H and O–H groups in total. The molecular formula is C23H29NO3. The second-order valence-electron chi connectivity index (χ2n) is 7.14. The average Bonchev–Trinajstić information content (AvgIpc) is 2.69. The van der Waals surface area contributed by atoms with Crippen molar-refractivity contribution in [3.63, 3.8) is 0 Å². The summed E-state index contributed by atoms with van der Waals surface area (Å²) in [5, 5.41) is 0. The summed E-state index contributed by atoms with van der Waals surface area (Å²) < 4.78 is 4.73. The highest BCUT2D eigenvalue weighted by atomic mass is 16.5. The average molecular weight is 367 g/mol. The van der Waals surface area contributed by atoms with Crippen LogP contribution < -0.4 is 0 Å². The molecule has 0 atom stereocenters. The van der Waals surface area contributed by atoms with Gasteiger partial charge in [-0.2, -0.15) is 0 Å². The Morgan fingerprint density at radius 2 is 1.44 bits per heavy atom. The van der Waals surface area contributed by atoms with Crippen molar-refractivity contribution in [3.8, 4) is 0 Å². The van der Waals surface area contributed by atoms with Crippen LogP contribution in [0.5, 0.6) is 0 Å². The fourth-order valence-corrected chi connectivity index (χ4v) is 3.19. The van der Waals surface area contributed by atoms with Gasteiger partial charge in [0.15, 0.2) is 0 Å². The highest BCUT2D eigenvalue weighted by Gasteiger charge is 2.23. The molecule has 27 heavy (non-hydrogen) atoms. The van der Waals surface area contributed by atoms with Crippen molar-refractivity contribution in [2.24, 2.45) is 5.92 Å². The molecular weight excluding hydrogens is 338 g/mol. The number of carbonyl (C=O) groups is 2. The fourth-order valence-electron chi connectivity index (χ4n) is 3.19. The largest absolute Gasteiger partial charge is 0.469 e. The Kier molecular flexibility index (Phi) is 8.05. The first-order valence-electron chi connectivity index (χ1n) is 9.45. The van der Waals surface area contributed by atoms with Crippen molar-refractivity contribution in [1.29, 1.82) is 0 Å². The Labute approximate surface area is 162 Å². The highest BCUT2D eigenvalue weighted by Crippen LogP contribution is 2.28. The number of esters is 1. The van der Waals surface area contributed by atoms with Crippen molar-refractivity contribution >= 4 is 11.9 Å². The van der Waals surface area contributed by atoms with E-state index in [0.717, 1.165) is 11.1 Å². The van der Waals surface area contributed by atoms with Crippen molar-refractivity contribution < 1.29 is 14.3 Å². The Morgan fingerprint density at radius 3 is 1.89 bits per heavy atom. The molecule has 0 aliphatic heterocycles. The lowest BCUT2D eigenvalue weighted by Crippen LogP contribution is -2.36. The summed E-state index contributed by atoms with van der Waals surface area (Å²) in [6, 6.07) is 20.2. The number of ether oxygens (including phenoxy) is 1. The van der Waals surface area contributed by atoms with Gasteiger partial charge in [0.2, 0.25) is 5.91 Å². The topological polar surface area (TPSA) is 46.6 Å². The number of hydrogen-bond donors (Lipinski definition) is 0. The van der Waals surface area contributed by atoms with Gasteiger partial charge in [-0.15, -0.1) is 0 Å². The minimum absolute atomic E-state index is 0.00677. The molecule has 0 aromatic heterocycles. The maximum absolute atomic E-state index is 13.1. The first-order chi connectivity index (χ1) is 13.0. The molecule has 0 aliphatic carbocycles. The second-order valence-corrected chi connectivity index (χ2v) is 7.14. The molecule has 2 aromatic rings. The van der Waals surface area contributed by atoms with E-state index in [9.17, 15) is 9.59 Å². The molecule has 0 bridgehead atoms. The molecule has 2 rings (SSSR count). The van der Waals surface area contributed by atoms with Crippen molar-refractivity contribution in [2.45, 2.75) is 32.6 Å². The zero-order chi connectivity index (χ0) is 19.6. The monoisotopic (exact) mass is 367 g/mol. The maximum Gasteiger partial charge on any atom is 0.307 e. The third kappa shape index (κ3) is 6.55. The first kappa shape index (κ1) is 20.7. The molecule has 0 heterocycles. The molecule has 4 heteroatoms. The standard InChI is InChI=1S/C23H29NO3/c1-18(2)17-24(15-14-23(26)27-3)22(25)16-21(19-10-6-4-7-11-19)20-12-8-5-9-13-20/h4-13,18,21H,14-17H2,1-3H3. The summed E-state index contributed by atoms with van der Waals surface area (Å²) in [4.78, 5) is 26.4. The van der Waals surface area contributed by atoms with Gasteiger partial charge >= 0.3 is 5.97 Å². The normalized spacial score (nSPS) is 10.9. The van der Waals surface area contributed by atoms with Crippen molar-refractivity contribution in [3.05, 3.63) is 71.8 Å². The predicted octanol–water partition coefficient (Wildman–Crippen LogP) is 4.26. The van der Waals surface area contributed by atoms with Crippen LogP contribution in [0.1, 0.15) is 43.7 Å². The van der Waals surface area contributed by atoms with Crippen LogP contribution in [0.25, 0.3) is 0 Å². The van der Waals surface area contributed by atoms with Crippen LogP contribution in [0.4, 0.5) is 0 Å². The van der Waals surface area contributed by atoms with E-state index < -0.39 is 0 Å². The molecule has 0 aliphatic rings. The van der Waals surface area contributed by atoms with Crippen LogP contribution >= 0.6 is 0 Å². The minimum atomic E-state index is -0.292. The van der Waals surface area contributed by atoms with Gasteiger partial charge in [0.1, 0.15) is 0 Å². The van der Waals surface area contributed by atoms with Gasteiger partial charge in [0.05, 0.1) is 13.5 Å². The first-order valence-corrected chi connectivity index (χ1v) is 9.45. The molecule has 0 unspecified atom stereocenters.